The molecule has 0 atom stereocenters. The van der Waals surface area contributed by atoms with Gasteiger partial charge in [0.15, 0.2) is 5.65 Å². The van der Waals surface area contributed by atoms with Crippen LogP contribution in [0.5, 0.6) is 0 Å². The number of hydrogen-bond donors (Lipinski definition) is 1. The third-order valence-electron chi connectivity index (χ3n) is 3.05. The van der Waals surface area contributed by atoms with Gasteiger partial charge in [-0.1, -0.05) is 11.6 Å². The number of nitrogens with zero attached hydrogens (tertiary/aromatic N) is 3. The zero-order chi connectivity index (χ0) is 15.9. The van der Waals surface area contributed by atoms with E-state index in [9.17, 15) is 13.6 Å². The number of amides is 1. The summed E-state index contributed by atoms with van der Waals surface area (Å²) >= 11 is 5.45. The van der Waals surface area contributed by atoms with E-state index in [-0.39, 0.29) is 5.95 Å². The molecule has 0 aliphatic rings. The minimum absolute atomic E-state index is 0.106. The van der Waals surface area contributed by atoms with Crippen molar-refractivity contribution < 1.29 is 13.6 Å². The van der Waals surface area contributed by atoms with Crippen LogP contribution in [0.3, 0.4) is 0 Å². The quantitative estimate of drug-likeness (QED) is 0.737. The first kappa shape index (κ1) is 14.4. The summed E-state index contributed by atoms with van der Waals surface area (Å²) in [6.45, 7) is 1.89. The molecule has 2 aromatic heterocycles. The maximum absolute atomic E-state index is 13.7. The largest absolute Gasteiger partial charge is 0.290 e. The van der Waals surface area contributed by atoms with Gasteiger partial charge in [0.25, 0.3) is 5.91 Å². The van der Waals surface area contributed by atoms with E-state index in [2.05, 4.69) is 15.5 Å². The highest BCUT2D eigenvalue weighted by Gasteiger charge is 2.17. The van der Waals surface area contributed by atoms with Crippen molar-refractivity contribution in [2.75, 3.05) is 5.32 Å². The summed E-state index contributed by atoms with van der Waals surface area (Å²) in [7, 11) is 0. The van der Waals surface area contributed by atoms with Crippen molar-refractivity contribution in [3.8, 4) is 0 Å². The van der Waals surface area contributed by atoms with Gasteiger partial charge in [0.1, 0.15) is 11.6 Å². The molecule has 5 nitrogen and oxygen atoms in total. The van der Waals surface area contributed by atoms with Gasteiger partial charge in [0, 0.05) is 6.20 Å². The number of fused-ring (bicyclic) bond motifs is 1. The lowest BCUT2D eigenvalue weighted by Gasteiger charge is -2.05. The Balaban J connectivity index is 1.95. The number of aromatic nitrogens is 3. The smallest absolute Gasteiger partial charge is 0.261 e. The summed E-state index contributed by atoms with van der Waals surface area (Å²) in [5.74, 6) is -2.54. The molecule has 0 radical (unpaired) electrons. The number of anilines is 1. The molecular formula is C14H9ClF2N4O. The SMILES string of the molecule is Cc1ccn2c(NC(=O)c3cc(F)c(Cl)cc3F)nnc2c1. The van der Waals surface area contributed by atoms with Crippen LogP contribution in [0.1, 0.15) is 15.9 Å². The summed E-state index contributed by atoms with van der Waals surface area (Å²) in [5.41, 5.74) is 1.03. The van der Waals surface area contributed by atoms with Crippen molar-refractivity contribution in [2.45, 2.75) is 6.92 Å². The Morgan fingerprint density at radius 1 is 1.23 bits per heavy atom. The van der Waals surface area contributed by atoms with Crippen LogP contribution < -0.4 is 5.32 Å². The van der Waals surface area contributed by atoms with Gasteiger partial charge < -0.3 is 0 Å². The van der Waals surface area contributed by atoms with Gasteiger partial charge in [-0.05, 0) is 36.8 Å². The number of aryl methyl sites for hydroxylation is 1. The van der Waals surface area contributed by atoms with E-state index in [0.29, 0.717) is 5.65 Å². The number of pyridine rings is 1. The fourth-order valence-corrected chi connectivity index (χ4v) is 2.09. The fourth-order valence-electron chi connectivity index (χ4n) is 1.94. The summed E-state index contributed by atoms with van der Waals surface area (Å²) < 4.78 is 28.6. The van der Waals surface area contributed by atoms with E-state index in [1.54, 1.807) is 18.3 Å². The average molecular weight is 323 g/mol. The highest BCUT2D eigenvalue weighted by atomic mass is 35.5. The molecule has 0 fully saturated rings. The Morgan fingerprint density at radius 3 is 2.77 bits per heavy atom. The molecule has 2 heterocycles. The Morgan fingerprint density at radius 2 is 2.00 bits per heavy atom. The molecule has 22 heavy (non-hydrogen) atoms. The van der Waals surface area contributed by atoms with Gasteiger partial charge in [-0.2, -0.15) is 0 Å². The molecule has 0 aliphatic carbocycles. The number of benzene rings is 1. The minimum Gasteiger partial charge on any atom is -0.290 e. The van der Waals surface area contributed by atoms with Crippen molar-refractivity contribution in [2.24, 2.45) is 0 Å². The first-order valence-corrected chi connectivity index (χ1v) is 6.61. The van der Waals surface area contributed by atoms with Crippen LogP contribution in [0, 0.1) is 18.6 Å². The molecule has 0 saturated carbocycles. The third-order valence-corrected chi connectivity index (χ3v) is 3.34. The molecule has 0 unspecified atom stereocenters. The van der Waals surface area contributed by atoms with Crippen LogP contribution in [-0.4, -0.2) is 20.5 Å². The van der Waals surface area contributed by atoms with Gasteiger partial charge in [-0.25, -0.2) is 8.78 Å². The van der Waals surface area contributed by atoms with Gasteiger partial charge in [0.05, 0.1) is 10.6 Å². The Bertz CT molecular complexity index is 894. The van der Waals surface area contributed by atoms with Gasteiger partial charge in [-0.3, -0.25) is 14.5 Å². The van der Waals surface area contributed by atoms with Crippen molar-refractivity contribution in [1.29, 1.82) is 0 Å². The van der Waals surface area contributed by atoms with Gasteiger partial charge >= 0.3 is 0 Å². The molecule has 0 bridgehead atoms. The number of nitrogens with one attached hydrogen (secondary N) is 1. The number of carbonyl (C=O) groups excluding carboxylic acids is 1. The molecule has 3 aromatic rings. The summed E-state index contributed by atoms with van der Waals surface area (Å²) in [5, 5.41) is 9.70. The van der Waals surface area contributed by atoms with E-state index in [4.69, 9.17) is 11.6 Å². The molecular weight excluding hydrogens is 314 g/mol. The van der Waals surface area contributed by atoms with Gasteiger partial charge in [0.2, 0.25) is 5.95 Å². The fraction of sp³-hybridized carbons (Fsp3) is 0.0714. The van der Waals surface area contributed by atoms with Crippen LogP contribution in [0.25, 0.3) is 5.65 Å². The second-order valence-electron chi connectivity index (χ2n) is 4.66. The molecule has 1 amide bonds. The second kappa shape index (κ2) is 5.34. The van der Waals surface area contributed by atoms with Crippen molar-refractivity contribution >= 4 is 29.1 Å². The maximum Gasteiger partial charge on any atom is 0.261 e. The predicted molar refractivity (Wildman–Crippen MR) is 77.0 cm³/mol. The zero-order valence-electron chi connectivity index (χ0n) is 11.3. The summed E-state index contributed by atoms with van der Waals surface area (Å²) in [6.07, 6.45) is 1.67. The Labute approximate surface area is 128 Å². The normalized spacial score (nSPS) is 10.9. The van der Waals surface area contributed by atoms with Crippen LogP contribution in [0.15, 0.2) is 30.5 Å². The lowest BCUT2D eigenvalue weighted by Crippen LogP contribution is -2.16. The molecule has 112 valence electrons. The van der Waals surface area contributed by atoms with Crippen molar-refractivity contribution in [1.82, 2.24) is 14.6 Å². The highest BCUT2D eigenvalue weighted by molar-refractivity contribution is 6.30. The topological polar surface area (TPSA) is 59.3 Å². The lowest BCUT2D eigenvalue weighted by atomic mass is 10.2. The van der Waals surface area contributed by atoms with Crippen LogP contribution >= 0.6 is 11.6 Å². The van der Waals surface area contributed by atoms with Crippen LogP contribution in [0.2, 0.25) is 5.02 Å². The van der Waals surface area contributed by atoms with Gasteiger partial charge in [-0.15, -0.1) is 10.2 Å². The molecule has 0 aliphatic heterocycles. The van der Waals surface area contributed by atoms with E-state index >= 15 is 0 Å². The standard InChI is InChI=1S/C14H9ClF2N4O/c1-7-2-3-21-12(4-7)19-20-14(21)18-13(22)8-5-11(17)9(15)6-10(8)16/h2-6H,1H3,(H,18,20,22). The zero-order valence-corrected chi connectivity index (χ0v) is 12.0. The molecule has 1 aromatic carbocycles. The monoisotopic (exact) mass is 322 g/mol. The van der Waals surface area contributed by atoms with Crippen LogP contribution in [-0.2, 0) is 0 Å². The molecule has 8 heteroatoms. The Kier molecular flexibility index (Phi) is 3.50. The number of rotatable bonds is 2. The summed E-state index contributed by atoms with van der Waals surface area (Å²) in [4.78, 5) is 12.1. The number of carbonyl (C=O) groups is 1. The second-order valence-corrected chi connectivity index (χ2v) is 5.06. The first-order valence-electron chi connectivity index (χ1n) is 6.23. The van der Waals surface area contributed by atoms with Crippen molar-refractivity contribution in [3.05, 3.63) is 58.2 Å². The third kappa shape index (κ3) is 2.50. The number of hydrogen-bond acceptors (Lipinski definition) is 3. The van der Waals surface area contributed by atoms with E-state index in [0.717, 1.165) is 17.7 Å². The van der Waals surface area contributed by atoms with E-state index in [1.807, 2.05) is 6.92 Å². The molecule has 0 saturated heterocycles. The van der Waals surface area contributed by atoms with E-state index in [1.165, 1.54) is 4.40 Å². The minimum atomic E-state index is -0.923. The molecule has 0 spiro atoms. The average Bonchev–Trinajstić information content (AvgIpc) is 2.85. The van der Waals surface area contributed by atoms with Crippen LogP contribution in [0.4, 0.5) is 14.7 Å². The molecule has 1 N–H and O–H groups in total. The van der Waals surface area contributed by atoms with Crippen molar-refractivity contribution in [3.63, 3.8) is 0 Å². The highest BCUT2D eigenvalue weighted by Crippen LogP contribution is 2.20. The first-order chi connectivity index (χ1) is 10.5. The van der Waals surface area contributed by atoms with E-state index < -0.39 is 28.1 Å². The number of halogens is 3. The maximum atomic E-state index is 13.7. The lowest BCUT2D eigenvalue weighted by molar-refractivity contribution is 0.102. The molecule has 3 rings (SSSR count). The Hall–Kier alpha value is -2.54. The predicted octanol–water partition coefficient (Wildman–Crippen LogP) is 3.22. The summed E-state index contributed by atoms with van der Waals surface area (Å²) in [6, 6.07) is 5.05.